The molecule has 1 fully saturated rings. The molecule has 2 nitrogen and oxygen atoms in total. The van der Waals surface area contributed by atoms with Crippen molar-refractivity contribution in [3.05, 3.63) is 34.9 Å². The van der Waals surface area contributed by atoms with Gasteiger partial charge in [0.15, 0.2) is 5.78 Å². The second-order valence-electron chi connectivity index (χ2n) is 6.10. The number of Topliss-reactive ketones (excluding diaryl/α,β-unsaturated/α-hetero) is 1. The Kier molecular flexibility index (Phi) is 3.28. The van der Waals surface area contributed by atoms with Gasteiger partial charge in [-0.2, -0.15) is 0 Å². The first-order valence-electron chi connectivity index (χ1n) is 6.21. The Morgan fingerprint density at radius 1 is 1.33 bits per heavy atom. The van der Waals surface area contributed by atoms with E-state index >= 15 is 0 Å². The molecule has 98 valence electrons. The molecular weight excluding hydrogens is 248 g/mol. The number of benzene rings is 1. The van der Waals surface area contributed by atoms with Crippen molar-refractivity contribution in [2.75, 3.05) is 0 Å². The Balaban J connectivity index is 2.30. The van der Waals surface area contributed by atoms with Gasteiger partial charge >= 0.3 is 0 Å². The second kappa shape index (κ2) is 4.36. The number of ether oxygens (including phenoxy) is 1. The van der Waals surface area contributed by atoms with Crippen molar-refractivity contribution in [1.82, 2.24) is 0 Å². The Labute approximate surface area is 113 Å². The van der Waals surface area contributed by atoms with Crippen molar-refractivity contribution in [1.29, 1.82) is 0 Å². The molecule has 1 aliphatic rings. The lowest BCUT2D eigenvalue weighted by Gasteiger charge is -2.26. The van der Waals surface area contributed by atoms with Crippen LogP contribution in [0.3, 0.4) is 0 Å². The summed E-state index contributed by atoms with van der Waals surface area (Å²) < 4.78 is 5.97. The van der Waals surface area contributed by atoms with Crippen molar-refractivity contribution >= 4 is 17.4 Å². The van der Waals surface area contributed by atoms with Crippen LogP contribution < -0.4 is 0 Å². The lowest BCUT2D eigenvalue weighted by atomic mass is 9.82. The monoisotopic (exact) mass is 266 g/mol. The predicted molar refractivity (Wildman–Crippen MR) is 73.1 cm³/mol. The lowest BCUT2D eigenvalue weighted by molar-refractivity contribution is -0.0712. The van der Waals surface area contributed by atoms with Crippen LogP contribution >= 0.6 is 11.6 Å². The zero-order valence-corrected chi connectivity index (χ0v) is 12.0. The zero-order chi connectivity index (χ0) is 13.6. The highest BCUT2D eigenvalue weighted by Crippen LogP contribution is 2.43. The summed E-state index contributed by atoms with van der Waals surface area (Å²) in [5.41, 5.74) is -0.00689. The smallest absolute Gasteiger partial charge is 0.168 e. The maximum Gasteiger partial charge on any atom is 0.168 e. The fourth-order valence-corrected chi connectivity index (χ4v) is 3.00. The van der Waals surface area contributed by atoms with E-state index in [1.165, 1.54) is 0 Å². The molecule has 18 heavy (non-hydrogen) atoms. The van der Waals surface area contributed by atoms with Crippen LogP contribution in [-0.2, 0) is 4.74 Å². The Hall–Kier alpha value is -0.860. The first-order chi connectivity index (χ1) is 8.21. The van der Waals surface area contributed by atoms with Crippen molar-refractivity contribution < 1.29 is 9.53 Å². The highest BCUT2D eigenvalue weighted by atomic mass is 35.5. The molecule has 0 spiro atoms. The highest BCUT2D eigenvalue weighted by Gasteiger charge is 2.49. The molecule has 1 aliphatic heterocycles. The maximum atomic E-state index is 12.6. The van der Waals surface area contributed by atoms with Crippen LogP contribution in [0.5, 0.6) is 0 Å². The molecule has 1 atom stereocenters. The van der Waals surface area contributed by atoms with Gasteiger partial charge in [0.25, 0.3) is 0 Å². The summed E-state index contributed by atoms with van der Waals surface area (Å²) >= 11 is 5.94. The number of carbonyl (C=O) groups excluding carboxylic acids is 1. The molecule has 0 N–H and O–H groups in total. The number of hydrogen-bond donors (Lipinski definition) is 0. The Bertz CT molecular complexity index is 477. The average Bonchev–Trinajstić information content (AvgIpc) is 2.45. The molecule has 1 saturated heterocycles. The van der Waals surface area contributed by atoms with Gasteiger partial charge in [0.1, 0.15) is 0 Å². The van der Waals surface area contributed by atoms with Crippen LogP contribution in [0.1, 0.15) is 44.5 Å². The van der Waals surface area contributed by atoms with Crippen LogP contribution in [0.25, 0.3) is 0 Å². The first-order valence-corrected chi connectivity index (χ1v) is 6.59. The van der Waals surface area contributed by atoms with E-state index in [9.17, 15) is 4.79 Å². The third-order valence-corrected chi connectivity index (χ3v) is 3.73. The normalized spacial score (nSPS) is 25.1. The van der Waals surface area contributed by atoms with Crippen molar-refractivity contribution in [2.24, 2.45) is 5.92 Å². The van der Waals surface area contributed by atoms with Crippen molar-refractivity contribution in [3.63, 3.8) is 0 Å². The quantitative estimate of drug-likeness (QED) is 0.753. The van der Waals surface area contributed by atoms with Gasteiger partial charge in [0.05, 0.1) is 17.1 Å². The molecule has 0 amide bonds. The fourth-order valence-electron chi connectivity index (χ4n) is 2.81. The third kappa shape index (κ3) is 2.60. The van der Waals surface area contributed by atoms with Gasteiger partial charge < -0.3 is 4.74 Å². The molecule has 2 rings (SSSR count). The van der Waals surface area contributed by atoms with Crippen LogP contribution in [-0.4, -0.2) is 17.0 Å². The summed E-state index contributed by atoms with van der Waals surface area (Å²) in [5.74, 6) is -0.000887. The van der Waals surface area contributed by atoms with Gasteiger partial charge in [0.2, 0.25) is 0 Å². The number of hydrogen-bond acceptors (Lipinski definition) is 2. The van der Waals surface area contributed by atoms with E-state index < -0.39 is 5.60 Å². The molecule has 0 bridgehead atoms. The molecule has 3 heteroatoms. The standard InChI is InChI=1S/C15H19ClO2/c1-14(2)9-12(15(3,4)18-14)13(17)10-6-5-7-11(16)8-10/h5-8,12H,9H2,1-4H3. The minimum atomic E-state index is -0.428. The SMILES string of the molecule is CC1(C)CC(C(=O)c2cccc(Cl)c2)C(C)(C)O1. The van der Waals surface area contributed by atoms with Gasteiger partial charge in [-0.25, -0.2) is 0 Å². The summed E-state index contributed by atoms with van der Waals surface area (Å²) in [4.78, 5) is 12.6. The van der Waals surface area contributed by atoms with Crippen LogP contribution in [0, 0.1) is 5.92 Å². The van der Waals surface area contributed by atoms with Crippen LogP contribution in [0.15, 0.2) is 24.3 Å². The van der Waals surface area contributed by atoms with E-state index in [0.29, 0.717) is 10.6 Å². The minimum Gasteiger partial charge on any atom is -0.369 e. The third-order valence-electron chi connectivity index (χ3n) is 3.50. The lowest BCUT2D eigenvalue weighted by Crippen LogP contribution is -2.33. The molecule has 1 heterocycles. The number of carbonyl (C=O) groups is 1. The van der Waals surface area contributed by atoms with E-state index in [-0.39, 0.29) is 17.3 Å². The zero-order valence-electron chi connectivity index (χ0n) is 11.3. The van der Waals surface area contributed by atoms with E-state index in [0.717, 1.165) is 6.42 Å². The van der Waals surface area contributed by atoms with Gasteiger partial charge in [-0.1, -0.05) is 23.7 Å². The van der Waals surface area contributed by atoms with E-state index in [4.69, 9.17) is 16.3 Å². The van der Waals surface area contributed by atoms with Crippen molar-refractivity contribution in [2.45, 2.75) is 45.3 Å². The first kappa shape index (κ1) is 13.6. The van der Waals surface area contributed by atoms with E-state index in [1.54, 1.807) is 12.1 Å². The van der Waals surface area contributed by atoms with Gasteiger partial charge in [0, 0.05) is 10.6 Å². The summed E-state index contributed by atoms with van der Waals surface area (Å²) in [5, 5.41) is 0.594. The molecule has 0 aliphatic carbocycles. The second-order valence-corrected chi connectivity index (χ2v) is 6.53. The van der Waals surface area contributed by atoms with E-state index in [1.807, 2.05) is 39.8 Å². The number of rotatable bonds is 2. The summed E-state index contributed by atoms with van der Waals surface area (Å²) in [7, 11) is 0. The summed E-state index contributed by atoms with van der Waals surface area (Å²) in [6.07, 6.45) is 0.741. The van der Waals surface area contributed by atoms with E-state index in [2.05, 4.69) is 0 Å². The topological polar surface area (TPSA) is 26.3 Å². The molecule has 1 unspecified atom stereocenters. The largest absolute Gasteiger partial charge is 0.369 e. The molecule has 1 aromatic carbocycles. The van der Waals surface area contributed by atoms with Crippen LogP contribution in [0.4, 0.5) is 0 Å². The molecule has 0 radical (unpaired) electrons. The average molecular weight is 267 g/mol. The fraction of sp³-hybridized carbons (Fsp3) is 0.533. The Morgan fingerprint density at radius 3 is 2.50 bits per heavy atom. The predicted octanol–water partition coefficient (Wildman–Crippen LogP) is 4.12. The highest BCUT2D eigenvalue weighted by molar-refractivity contribution is 6.31. The Morgan fingerprint density at radius 2 is 2.00 bits per heavy atom. The van der Waals surface area contributed by atoms with Gasteiger partial charge in [-0.3, -0.25) is 4.79 Å². The molecular formula is C15H19ClO2. The van der Waals surface area contributed by atoms with Crippen molar-refractivity contribution in [3.8, 4) is 0 Å². The molecule has 1 aromatic rings. The maximum absolute atomic E-state index is 12.6. The summed E-state index contributed by atoms with van der Waals surface area (Å²) in [6.45, 7) is 8.02. The minimum absolute atomic E-state index is 0.119. The summed E-state index contributed by atoms with van der Waals surface area (Å²) in [6, 6.07) is 7.13. The van der Waals surface area contributed by atoms with Crippen LogP contribution in [0.2, 0.25) is 5.02 Å². The molecule has 0 saturated carbocycles. The number of ketones is 1. The van der Waals surface area contributed by atoms with Gasteiger partial charge in [-0.05, 0) is 46.2 Å². The molecule has 0 aromatic heterocycles. The number of halogens is 1. The van der Waals surface area contributed by atoms with Gasteiger partial charge in [-0.15, -0.1) is 0 Å².